The van der Waals surface area contributed by atoms with Crippen molar-refractivity contribution < 1.29 is 19.5 Å². The summed E-state index contributed by atoms with van der Waals surface area (Å²) in [5.74, 6) is -0.676. The van der Waals surface area contributed by atoms with Crippen LogP contribution in [0.1, 0.15) is 28.8 Å². The first-order chi connectivity index (χ1) is 17.9. The summed E-state index contributed by atoms with van der Waals surface area (Å²) < 4.78 is 1.97. The van der Waals surface area contributed by atoms with E-state index in [2.05, 4.69) is 10.3 Å². The molecule has 8 nitrogen and oxygen atoms in total. The van der Waals surface area contributed by atoms with E-state index >= 15 is 0 Å². The van der Waals surface area contributed by atoms with Crippen molar-refractivity contribution in [3.05, 3.63) is 84.2 Å². The molecule has 2 aliphatic rings. The Morgan fingerprint density at radius 1 is 0.892 bits per heavy atom. The first-order valence-corrected chi connectivity index (χ1v) is 12.1. The molecule has 1 aromatic heterocycles. The zero-order valence-electron chi connectivity index (χ0n) is 20.1. The third-order valence-corrected chi connectivity index (χ3v) is 7.09. The topological polar surface area (TPSA) is 105 Å². The molecular formula is C29H24N4O4. The van der Waals surface area contributed by atoms with Crippen molar-refractivity contribution in [2.24, 2.45) is 7.05 Å². The Morgan fingerprint density at radius 3 is 2.24 bits per heavy atom. The van der Waals surface area contributed by atoms with Crippen LogP contribution >= 0.6 is 0 Å². The highest BCUT2D eigenvalue weighted by Crippen LogP contribution is 2.35. The van der Waals surface area contributed by atoms with E-state index in [-0.39, 0.29) is 24.0 Å². The van der Waals surface area contributed by atoms with Crippen LogP contribution in [0.3, 0.4) is 0 Å². The van der Waals surface area contributed by atoms with Gasteiger partial charge < -0.3 is 14.6 Å². The molecule has 0 saturated carbocycles. The number of fused-ring (bicyclic) bond motifs is 1. The van der Waals surface area contributed by atoms with Crippen LogP contribution in [0.5, 0.6) is 5.75 Å². The quantitative estimate of drug-likeness (QED) is 0.421. The van der Waals surface area contributed by atoms with E-state index in [4.69, 9.17) is 0 Å². The molecule has 184 valence electrons. The Kier molecular flexibility index (Phi) is 5.37. The van der Waals surface area contributed by atoms with Crippen LogP contribution in [-0.4, -0.2) is 43.3 Å². The van der Waals surface area contributed by atoms with Gasteiger partial charge in [0.25, 0.3) is 5.91 Å². The van der Waals surface area contributed by atoms with Crippen LogP contribution in [0.15, 0.2) is 73.1 Å². The number of nitrogens with one attached hydrogen (secondary N) is 1. The molecule has 8 heteroatoms. The van der Waals surface area contributed by atoms with Gasteiger partial charge in [0.05, 0.1) is 17.7 Å². The average molecular weight is 493 g/mol. The Balaban J connectivity index is 1.30. The second-order valence-corrected chi connectivity index (χ2v) is 9.45. The number of imide groups is 1. The molecule has 3 amide bonds. The van der Waals surface area contributed by atoms with E-state index in [9.17, 15) is 19.5 Å². The average Bonchev–Trinajstić information content (AvgIpc) is 3.44. The number of amides is 3. The predicted molar refractivity (Wildman–Crippen MR) is 137 cm³/mol. The van der Waals surface area contributed by atoms with Crippen molar-refractivity contribution in [3.63, 3.8) is 0 Å². The zero-order valence-corrected chi connectivity index (χ0v) is 20.1. The summed E-state index contributed by atoms with van der Waals surface area (Å²) in [6.07, 6.45) is 2.33. The second-order valence-electron chi connectivity index (χ2n) is 9.45. The van der Waals surface area contributed by atoms with Gasteiger partial charge in [-0.05, 0) is 47.4 Å². The molecule has 37 heavy (non-hydrogen) atoms. The highest BCUT2D eigenvalue weighted by molar-refractivity contribution is 6.05. The van der Waals surface area contributed by atoms with Crippen molar-refractivity contribution >= 4 is 17.7 Å². The van der Waals surface area contributed by atoms with E-state index in [1.54, 1.807) is 29.4 Å². The maximum atomic E-state index is 13.1. The molecule has 6 rings (SSSR count). The summed E-state index contributed by atoms with van der Waals surface area (Å²) in [6, 6.07) is 20.3. The lowest BCUT2D eigenvalue weighted by Gasteiger charge is -2.29. The van der Waals surface area contributed by atoms with Crippen LogP contribution in [0.25, 0.3) is 33.6 Å². The van der Waals surface area contributed by atoms with Gasteiger partial charge >= 0.3 is 0 Å². The van der Waals surface area contributed by atoms with Crippen molar-refractivity contribution in [2.45, 2.75) is 25.4 Å². The molecule has 0 spiro atoms. The number of carbonyl (C=O) groups excluding carboxylic acids is 3. The number of rotatable bonds is 4. The Hall–Kier alpha value is -4.72. The van der Waals surface area contributed by atoms with Gasteiger partial charge in [0.15, 0.2) is 0 Å². The molecule has 0 aliphatic carbocycles. The van der Waals surface area contributed by atoms with Crippen molar-refractivity contribution in [1.82, 2.24) is 19.8 Å². The van der Waals surface area contributed by atoms with Gasteiger partial charge in [-0.3, -0.25) is 19.7 Å². The zero-order chi connectivity index (χ0) is 25.7. The molecule has 3 aromatic carbocycles. The number of benzene rings is 3. The molecule has 3 heterocycles. The SMILES string of the molecule is Cn1cnc(-c2ccc3c(c2)CN(C2CCC(=O)NC2=O)C3=O)c1-c1ccc(-c2ccc(O)cc2)cc1. The van der Waals surface area contributed by atoms with Gasteiger partial charge in [-0.25, -0.2) is 4.98 Å². The maximum absolute atomic E-state index is 13.1. The number of aryl methyl sites for hydroxylation is 1. The Bertz CT molecular complexity index is 1550. The molecular weight excluding hydrogens is 468 g/mol. The number of piperidine rings is 1. The molecule has 1 unspecified atom stereocenters. The fourth-order valence-corrected chi connectivity index (χ4v) is 5.18. The van der Waals surface area contributed by atoms with Crippen molar-refractivity contribution in [2.75, 3.05) is 0 Å². The molecule has 1 saturated heterocycles. The lowest BCUT2D eigenvalue weighted by molar-refractivity contribution is -0.136. The van der Waals surface area contributed by atoms with E-state index in [1.807, 2.05) is 60.1 Å². The Morgan fingerprint density at radius 2 is 1.54 bits per heavy atom. The number of phenols is 1. The summed E-state index contributed by atoms with van der Waals surface area (Å²) in [6.45, 7) is 0.317. The first-order valence-electron chi connectivity index (χ1n) is 12.1. The molecule has 2 N–H and O–H groups in total. The fraction of sp³-hybridized carbons (Fsp3) is 0.172. The number of aromatic hydroxyl groups is 1. The summed E-state index contributed by atoms with van der Waals surface area (Å²) in [4.78, 5) is 43.2. The van der Waals surface area contributed by atoms with Crippen LogP contribution in [0, 0.1) is 0 Å². The van der Waals surface area contributed by atoms with Gasteiger partial charge in [-0.2, -0.15) is 0 Å². The summed E-state index contributed by atoms with van der Waals surface area (Å²) in [7, 11) is 1.95. The molecule has 1 atom stereocenters. The monoisotopic (exact) mass is 492 g/mol. The first kappa shape index (κ1) is 22.7. The van der Waals surface area contributed by atoms with Crippen LogP contribution in [0.4, 0.5) is 0 Å². The summed E-state index contributed by atoms with van der Waals surface area (Å²) in [5.41, 5.74) is 7.10. The normalized spacial score (nSPS) is 17.2. The minimum absolute atomic E-state index is 0.192. The maximum Gasteiger partial charge on any atom is 0.255 e. The number of hydrogen-bond acceptors (Lipinski definition) is 5. The number of aromatic nitrogens is 2. The number of phenolic OH excluding ortho intramolecular Hbond substituents is 1. The summed E-state index contributed by atoms with van der Waals surface area (Å²) in [5, 5.41) is 11.9. The minimum atomic E-state index is -0.640. The van der Waals surface area contributed by atoms with Crippen molar-refractivity contribution in [1.29, 1.82) is 0 Å². The van der Waals surface area contributed by atoms with Crippen LogP contribution in [0.2, 0.25) is 0 Å². The lowest BCUT2D eigenvalue weighted by Crippen LogP contribution is -2.52. The van der Waals surface area contributed by atoms with Crippen LogP contribution in [-0.2, 0) is 23.2 Å². The second kappa shape index (κ2) is 8.74. The largest absolute Gasteiger partial charge is 0.508 e. The van der Waals surface area contributed by atoms with Crippen molar-refractivity contribution in [3.8, 4) is 39.4 Å². The van der Waals surface area contributed by atoms with Gasteiger partial charge in [0.2, 0.25) is 11.8 Å². The fourth-order valence-electron chi connectivity index (χ4n) is 5.18. The van der Waals surface area contributed by atoms with Crippen LogP contribution < -0.4 is 5.32 Å². The van der Waals surface area contributed by atoms with Gasteiger partial charge in [-0.15, -0.1) is 0 Å². The number of nitrogens with zero attached hydrogens (tertiary/aromatic N) is 3. The van der Waals surface area contributed by atoms with E-state index < -0.39 is 11.9 Å². The molecule has 0 bridgehead atoms. The Labute approximate surface area is 213 Å². The minimum Gasteiger partial charge on any atom is -0.508 e. The highest BCUT2D eigenvalue weighted by Gasteiger charge is 2.39. The molecule has 1 fully saturated rings. The summed E-state index contributed by atoms with van der Waals surface area (Å²) >= 11 is 0. The standard InChI is InChI=1S/C29H24N4O4/c1-32-16-30-26(27(32)19-4-2-17(3-5-19)18-6-9-22(34)10-7-18)20-8-11-23-21(14-20)15-33(29(23)37)24-12-13-25(35)31-28(24)36/h2-11,14,16,24,34H,12-13,15H2,1H3,(H,31,35,36). The smallest absolute Gasteiger partial charge is 0.255 e. The van der Waals surface area contributed by atoms with Gasteiger partial charge in [0.1, 0.15) is 11.8 Å². The molecule has 2 aliphatic heterocycles. The van der Waals surface area contributed by atoms with E-state index in [0.29, 0.717) is 18.5 Å². The van der Waals surface area contributed by atoms with E-state index in [0.717, 1.165) is 39.2 Å². The van der Waals surface area contributed by atoms with E-state index in [1.165, 1.54) is 0 Å². The molecule has 4 aromatic rings. The highest BCUT2D eigenvalue weighted by atomic mass is 16.3. The lowest BCUT2D eigenvalue weighted by atomic mass is 9.98. The third kappa shape index (κ3) is 3.96. The molecule has 0 radical (unpaired) electrons. The number of carbonyl (C=O) groups is 3. The third-order valence-electron chi connectivity index (χ3n) is 7.09. The number of imidazole rings is 1. The van der Waals surface area contributed by atoms with Gasteiger partial charge in [-0.1, -0.05) is 42.5 Å². The van der Waals surface area contributed by atoms with Gasteiger partial charge in [0, 0.05) is 36.7 Å². The number of hydrogen-bond donors (Lipinski definition) is 2. The predicted octanol–water partition coefficient (Wildman–Crippen LogP) is 3.89.